The molecule has 0 amide bonds. The Morgan fingerprint density at radius 2 is 1.07 bits per heavy atom. The summed E-state index contributed by atoms with van der Waals surface area (Å²) >= 11 is 0. The number of benzene rings is 3. The summed E-state index contributed by atoms with van der Waals surface area (Å²) in [5.74, 6) is -0.943. The van der Waals surface area contributed by atoms with Crippen molar-refractivity contribution in [2.24, 2.45) is 0 Å². The van der Waals surface area contributed by atoms with Gasteiger partial charge < -0.3 is 9.90 Å². The van der Waals surface area contributed by atoms with Crippen molar-refractivity contribution in [1.82, 2.24) is 0 Å². The third-order valence-corrected chi connectivity index (χ3v) is 6.65. The van der Waals surface area contributed by atoms with Gasteiger partial charge in [-0.05, 0) is 49.2 Å². The number of hydrogen-bond donors (Lipinski definition) is 0. The van der Waals surface area contributed by atoms with E-state index in [-0.39, 0.29) is 36.0 Å². The summed E-state index contributed by atoms with van der Waals surface area (Å²) in [4.78, 5) is 9.65. The predicted octanol–water partition coefficient (Wildman–Crippen LogP) is 0.108. The van der Waals surface area contributed by atoms with Crippen LogP contribution >= 0.6 is 7.92 Å². The standard InChI is InChI=1S/C18H15P.C5H10O2.Na/c1-4-10-16(11-5-1)19(17-12-6-2-7-13-17)18-14-8-3-9-15-18;1-2-3-4-5(6)7;/h1-15H;2-4H2,1H3,(H,6,7);/q;;+1. The number of carbonyl (C=O) groups is 1. The van der Waals surface area contributed by atoms with Gasteiger partial charge >= 0.3 is 29.6 Å². The molecule has 0 radical (unpaired) electrons. The van der Waals surface area contributed by atoms with Crippen LogP contribution in [0.3, 0.4) is 0 Å². The zero-order valence-corrected chi connectivity index (χ0v) is 19.1. The third-order valence-electron chi connectivity index (χ3n) is 3.92. The topological polar surface area (TPSA) is 40.1 Å². The molecule has 2 nitrogen and oxygen atoms in total. The van der Waals surface area contributed by atoms with Crippen molar-refractivity contribution in [1.29, 1.82) is 0 Å². The molecule has 4 heteroatoms. The number of carboxylic acids is 1. The van der Waals surface area contributed by atoms with Crippen LogP contribution < -0.4 is 50.6 Å². The van der Waals surface area contributed by atoms with Crippen LogP contribution in [0.1, 0.15) is 26.2 Å². The second-order valence-corrected chi connectivity index (χ2v) is 8.43. The van der Waals surface area contributed by atoms with Gasteiger partial charge in [-0.25, -0.2) is 0 Å². The van der Waals surface area contributed by atoms with Crippen LogP contribution in [0, 0.1) is 0 Å². The van der Waals surface area contributed by atoms with Gasteiger partial charge in [-0.2, -0.15) is 0 Å². The van der Waals surface area contributed by atoms with Gasteiger partial charge in [0.05, 0.1) is 7.92 Å². The van der Waals surface area contributed by atoms with Crippen LogP contribution in [0.25, 0.3) is 0 Å². The van der Waals surface area contributed by atoms with E-state index < -0.39 is 13.9 Å². The molecule has 0 atom stereocenters. The quantitative estimate of drug-likeness (QED) is 0.445. The Kier molecular flexibility index (Phi) is 12.0. The molecule has 0 saturated heterocycles. The van der Waals surface area contributed by atoms with Gasteiger partial charge in [-0.3, -0.25) is 0 Å². The maximum absolute atomic E-state index is 9.65. The van der Waals surface area contributed by atoms with Crippen molar-refractivity contribution in [2.45, 2.75) is 26.2 Å². The molecule has 3 aromatic carbocycles. The summed E-state index contributed by atoms with van der Waals surface area (Å²) in [6.45, 7) is 1.95. The van der Waals surface area contributed by atoms with Gasteiger partial charge in [0.25, 0.3) is 0 Å². The Labute approximate surface area is 185 Å². The van der Waals surface area contributed by atoms with Gasteiger partial charge in [0.1, 0.15) is 15.9 Å². The van der Waals surface area contributed by atoms with Crippen molar-refractivity contribution >= 4 is 29.8 Å². The smallest absolute Gasteiger partial charge is 0.550 e. The summed E-state index contributed by atoms with van der Waals surface area (Å²) in [6.07, 6.45) is 1.87. The Morgan fingerprint density at radius 1 is 0.741 bits per heavy atom. The molecule has 27 heavy (non-hydrogen) atoms. The Morgan fingerprint density at radius 3 is 1.30 bits per heavy atom. The Hall–Kier alpha value is -1.44. The van der Waals surface area contributed by atoms with Crippen LogP contribution in [-0.4, -0.2) is 5.97 Å². The maximum Gasteiger partial charge on any atom is 1.00 e. The third kappa shape index (κ3) is 8.41. The number of unbranched alkanes of at least 4 members (excludes halogenated alkanes) is 1. The van der Waals surface area contributed by atoms with Gasteiger partial charge in [-0.1, -0.05) is 67.9 Å². The second-order valence-electron chi connectivity index (χ2n) is 5.95. The fourth-order valence-electron chi connectivity index (χ4n) is 2.64. The van der Waals surface area contributed by atoms with Gasteiger partial charge in [0, 0.05) is 5.97 Å². The molecule has 0 spiro atoms. The molecular weight excluding hydrogens is 362 g/mol. The van der Waals surface area contributed by atoms with E-state index in [1.54, 1.807) is 0 Å². The van der Waals surface area contributed by atoms with E-state index in [0.29, 0.717) is 0 Å². The first-order valence-corrected chi connectivity index (χ1v) is 10.5. The van der Waals surface area contributed by atoms with Crippen LogP contribution in [0.4, 0.5) is 0 Å². The van der Waals surface area contributed by atoms with Gasteiger partial charge in [-0.15, -0.1) is 0 Å². The molecule has 0 fully saturated rings. The monoisotopic (exact) mass is 387 g/mol. The number of rotatable bonds is 6. The molecule has 3 rings (SSSR count). The first-order valence-electron chi connectivity index (χ1n) is 8.95. The number of carboxylic acid groups (broad SMARTS) is 1. The van der Waals surface area contributed by atoms with Crippen LogP contribution in [0.15, 0.2) is 91.0 Å². The zero-order chi connectivity index (χ0) is 18.6. The van der Waals surface area contributed by atoms with E-state index in [4.69, 9.17) is 0 Å². The number of carbonyl (C=O) groups excluding carboxylic acids is 1. The molecule has 0 bridgehead atoms. The first-order chi connectivity index (χ1) is 12.7. The van der Waals surface area contributed by atoms with Crippen LogP contribution in [0.5, 0.6) is 0 Å². The molecule has 3 aromatic rings. The molecule has 0 heterocycles. The molecule has 0 aliphatic heterocycles. The number of hydrogen-bond acceptors (Lipinski definition) is 2. The summed E-state index contributed by atoms with van der Waals surface area (Å²) < 4.78 is 0. The average Bonchev–Trinajstić information content (AvgIpc) is 2.70. The predicted molar refractivity (Wildman–Crippen MR) is 111 cm³/mol. The summed E-state index contributed by atoms with van der Waals surface area (Å²) in [6, 6.07) is 32.5. The normalized spacial score (nSPS) is 9.70. The van der Waals surface area contributed by atoms with Gasteiger partial charge in [0.15, 0.2) is 0 Å². The molecule has 0 saturated carbocycles. The SMILES string of the molecule is CCCCC(=O)[O-].[Na+].c1ccc([PH+](c2ccccc2)c2ccccc2)cc1. The Balaban J connectivity index is 0.000000395. The van der Waals surface area contributed by atoms with E-state index >= 15 is 0 Å². The minimum Gasteiger partial charge on any atom is -0.550 e. The van der Waals surface area contributed by atoms with E-state index in [0.717, 1.165) is 12.8 Å². The van der Waals surface area contributed by atoms with Crippen molar-refractivity contribution < 1.29 is 39.5 Å². The van der Waals surface area contributed by atoms with Crippen molar-refractivity contribution in [3.63, 3.8) is 0 Å². The molecule has 0 aliphatic rings. The fourth-order valence-corrected chi connectivity index (χ4v) is 5.21. The molecule has 134 valence electrons. The largest absolute Gasteiger partial charge is 1.00 e. The molecule has 0 aliphatic carbocycles. The number of aliphatic carboxylic acids is 1. The van der Waals surface area contributed by atoms with E-state index in [2.05, 4.69) is 91.0 Å². The van der Waals surface area contributed by atoms with E-state index in [1.807, 2.05) is 6.92 Å². The minimum atomic E-state index is -0.943. The molecule has 0 unspecified atom stereocenters. The summed E-state index contributed by atoms with van der Waals surface area (Å²) in [5.41, 5.74) is 0. The molecule has 0 aromatic heterocycles. The fraction of sp³-hybridized carbons (Fsp3) is 0.174. The molecule has 0 N–H and O–H groups in total. The van der Waals surface area contributed by atoms with Crippen molar-refractivity contribution in [2.75, 3.05) is 0 Å². The zero-order valence-electron chi connectivity index (χ0n) is 16.1. The second kappa shape index (κ2) is 13.7. The maximum atomic E-state index is 9.65. The van der Waals surface area contributed by atoms with Gasteiger partial charge in [0.2, 0.25) is 0 Å². The van der Waals surface area contributed by atoms with E-state index in [1.165, 1.54) is 15.9 Å². The average molecular weight is 387 g/mol. The summed E-state index contributed by atoms with van der Waals surface area (Å²) in [5, 5.41) is 14.0. The Bertz CT molecular complexity index is 670. The molecular formula is C23H25NaO2P+. The van der Waals surface area contributed by atoms with E-state index in [9.17, 15) is 9.90 Å². The minimum absolute atomic E-state index is 0. The first kappa shape index (κ1) is 23.6. The van der Waals surface area contributed by atoms with Crippen LogP contribution in [0.2, 0.25) is 0 Å². The summed E-state index contributed by atoms with van der Waals surface area (Å²) in [7, 11) is -0.877. The van der Waals surface area contributed by atoms with Crippen molar-refractivity contribution in [3.8, 4) is 0 Å². The van der Waals surface area contributed by atoms with Crippen LogP contribution in [-0.2, 0) is 4.79 Å². The van der Waals surface area contributed by atoms with Crippen molar-refractivity contribution in [3.05, 3.63) is 91.0 Å².